The lowest BCUT2D eigenvalue weighted by Crippen LogP contribution is -2.25. The highest BCUT2D eigenvalue weighted by atomic mass is 16.5. The zero-order valence-electron chi connectivity index (χ0n) is 11.5. The van der Waals surface area contributed by atoms with Crippen molar-refractivity contribution in [3.8, 4) is 11.3 Å². The molecule has 0 spiro atoms. The fourth-order valence-electron chi connectivity index (χ4n) is 2.42. The molecule has 0 bridgehead atoms. The fraction of sp³-hybridized carbons (Fsp3) is 0. The molecular weight excluding hydrogens is 327 g/mol. The summed E-state index contributed by atoms with van der Waals surface area (Å²) in [5, 5.41) is 27.3. The SMILES string of the molecule is O=C(O)c1cc(C(=O)O)c2c(n1)C(=O)C(=O)c1[13cH][13c]([13C](=O)O)[nH]c1-2. The molecule has 24 heavy (non-hydrogen) atoms. The molecule has 1 aliphatic carbocycles. The molecule has 3 rings (SSSR count). The lowest BCUT2D eigenvalue weighted by Gasteiger charge is -2.16. The molecule has 0 amide bonds. The molecule has 120 valence electrons. The molecule has 0 fully saturated rings. The van der Waals surface area contributed by atoms with Crippen molar-refractivity contribution in [1.29, 1.82) is 0 Å². The number of pyridine rings is 1. The van der Waals surface area contributed by atoms with Crippen molar-refractivity contribution >= 4 is 29.5 Å². The third-order valence-electron chi connectivity index (χ3n) is 3.43. The highest BCUT2D eigenvalue weighted by molar-refractivity contribution is 6.52. The summed E-state index contributed by atoms with van der Waals surface area (Å²) in [4.78, 5) is 63.7. The number of nitrogens with zero attached hydrogens (tertiary/aromatic N) is 1. The van der Waals surface area contributed by atoms with Crippen molar-refractivity contribution in [3.63, 3.8) is 0 Å². The fourth-order valence-corrected chi connectivity index (χ4v) is 2.42. The van der Waals surface area contributed by atoms with Crippen molar-refractivity contribution in [3.05, 3.63) is 40.3 Å². The Bertz CT molecular complexity index is 985. The molecule has 0 saturated carbocycles. The maximum Gasteiger partial charge on any atom is 0.354 e. The van der Waals surface area contributed by atoms with Crippen LogP contribution >= 0.6 is 0 Å². The summed E-state index contributed by atoms with van der Waals surface area (Å²) in [5.74, 6) is -6.87. The smallest absolute Gasteiger partial charge is 0.354 e. The van der Waals surface area contributed by atoms with Crippen molar-refractivity contribution in [1.82, 2.24) is 9.97 Å². The summed E-state index contributed by atoms with van der Waals surface area (Å²) >= 11 is 0. The van der Waals surface area contributed by atoms with Crippen molar-refractivity contribution in [2.75, 3.05) is 0 Å². The van der Waals surface area contributed by atoms with Gasteiger partial charge in [0.25, 0.3) is 5.78 Å². The Balaban J connectivity index is 2.43. The van der Waals surface area contributed by atoms with Crippen molar-refractivity contribution < 1.29 is 39.3 Å². The van der Waals surface area contributed by atoms with Crippen LogP contribution in [0.5, 0.6) is 0 Å². The number of carboxylic acid groups (broad SMARTS) is 3. The summed E-state index contributed by atoms with van der Waals surface area (Å²) in [5.41, 5.74) is -3.21. The van der Waals surface area contributed by atoms with Gasteiger partial charge in [0.2, 0.25) is 5.78 Å². The predicted molar refractivity (Wildman–Crippen MR) is 73.6 cm³/mol. The minimum atomic E-state index is -1.58. The van der Waals surface area contributed by atoms with E-state index in [0.717, 1.165) is 12.1 Å². The summed E-state index contributed by atoms with van der Waals surface area (Å²) in [6.07, 6.45) is 0. The summed E-state index contributed by atoms with van der Waals surface area (Å²) in [7, 11) is 0. The normalized spacial score (nSPS) is 12.5. The van der Waals surface area contributed by atoms with Crippen LogP contribution in [0.3, 0.4) is 0 Å². The molecule has 0 atom stereocenters. The van der Waals surface area contributed by atoms with E-state index in [9.17, 15) is 29.1 Å². The van der Waals surface area contributed by atoms with E-state index in [4.69, 9.17) is 10.2 Å². The van der Waals surface area contributed by atoms with Gasteiger partial charge in [0.1, 0.15) is 17.1 Å². The van der Waals surface area contributed by atoms with Gasteiger partial charge in [-0.25, -0.2) is 19.4 Å². The largest absolute Gasteiger partial charge is 0.478 e. The first-order valence-corrected chi connectivity index (χ1v) is 6.29. The molecule has 1 aliphatic rings. The molecule has 2 aromatic rings. The Hall–Kier alpha value is -3.82. The number of hydrogen-bond acceptors (Lipinski definition) is 6. The Labute approximate surface area is 131 Å². The van der Waals surface area contributed by atoms with Gasteiger partial charge >= 0.3 is 17.9 Å². The molecular formula is C14H6N2O8. The number of aromatic nitrogens is 2. The van der Waals surface area contributed by atoms with Crippen LogP contribution in [0.2, 0.25) is 0 Å². The van der Waals surface area contributed by atoms with Crippen LogP contribution in [-0.4, -0.2) is 54.8 Å². The summed E-state index contributed by atoms with van der Waals surface area (Å²) < 4.78 is 0. The predicted octanol–water partition coefficient (Wildman–Crippen LogP) is 0.550. The van der Waals surface area contributed by atoms with Crippen molar-refractivity contribution in [2.45, 2.75) is 0 Å². The molecule has 10 heteroatoms. The number of nitrogens with one attached hydrogen (secondary N) is 1. The zero-order valence-corrected chi connectivity index (χ0v) is 11.5. The number of ketones is 2. The monoisotopic (exact) mass is 333 g/mol. The minimum Gasteiger partial charge on any atom is -0.478 e. The summed E-state index contributed by atoms with van der Waals surface area (Å²) in [6.45, 7) is 0. The van der Waals surface area contributed by atoms with E-state index in [1.165, 1.54) is 0 Å². The summed E-state index contributed by atoms with van der Waals surface area (Å²) in [6, 6.07) is 1.65. The average Bonchev–Trinajstić information content (AvgIpc) is 2.96. The molecule has 0 saturated heterocycles. The van der Waals surface area contributed by atoms with E-state index in [2.05, 4.69) is 9.97 Å². The maximum absolute atomic E-state index is 12.1. The van der Waals surface area contributed by atoms with Gasteiger partial charge in [0.15, 0.2) is 0 Å². The third-order valence-corrected chi connectivity index (χ3v) is 3.43. The molecule has 10 nitrogen and oxygen atoms in total. The van der Waals surface area contributed by atoms with Crippen LogP contribution in [0, 0.1) is 0 Å². The quantitative estimate of drug-likeness (QED) is 0.461. The van der Waals surface area contributed by atoms with Gasteiger partial charge in [0, 0.05) is 5.56 Å². The number of aromatic amines is 1. The van der Waals surface area contributed by atoms with Gasteiger partial charge in [-0.3, -0.25) is 9.59 Å². The number of hydrogen-bond donors (Lipinski definition) is 4. The van der Waals surface area contributed by atoms with Crippen molar-refractivity contribution in [2.24, 2.45) is 0 Å². The third kappa shape index (κ3) is 1.97. The van der Waals surface area contributed by atoms with Crippen LogP contribution in [0.1, 0.15) is 52.2 Å². The van der Waals surface area contributed by atoms with Gasteiger partial charge in [0.05, 0.1) is 16.8 Å². The lowest BCUT2D eigenvalue weighted by molar-refractivity contribution is 0.0677. The number of aromatic carboxylic acids is 3. The molecule has 4 N–H and O–H groups in total. The van der Waals surface area contributed by atoms with Crippen LogP contribution < -0.4 is 0 Å². The van der Waals surface area contributed by atoms with E-state index in [-0.39, 0.29) is 16.8 Å². The number of fused-ring (bicyclic) bond motifs is 3. The standard InChI is InChI=1S/C14H6N2O8/c17-10-4-2-6(14(23)24)15-8(4)7-3(12(19)20)1-5(13(21)22)16-9(7)11(10)18/h1-2,15H,(H,19,20)(H,21,22)(H,23,24)/i2+1,6+1,14+1. The van der Waals surface area contributed by atoms with E-state index in [0.29, 0.717) is 0 Å². The molecule has 0 unspecified atom stereocenters. The first-order valence-electron chi connectivity index (χ1n) is 6.29. The second-order valence-corrected chi connectivity index (χ2v) is 4.82. The second-order valence-electron chi connectivity index (χ2n) is 4.82. The molecule has 0 aliphatic heterocycles. The maximum atomic E-state index is 12.1. The number of carbonyl (C=O) groups excluding carboxylic acids is 2. The molecule has 0 radical (unpaired) electrons. The number of carbonyl (C=O) groups is 5. The van der Waals surface area contributed by atoms with Crippen LogP contribution in [0.25, 0.3) is 11.3 Å². The van der Waals surface area contributed by atoms with Gasteiger partial charge < -0.3 is 20.3 Å². The zero-order chi connectivity index (χ0) is 17.8. The van der Waals surface area contributed by atoms with E-state index < -0.39 is 52.1 Å². The van der Waals surface area contributed by atoms with Crippen LogP contribution in [0.4, 0.5) is 0 Å². The molecule has 2 aromatic heterocycles. The van der Waals surface area contributed by atoms with Gasteiger partial charge in [-0.05, 0) is 12.1 Å². The van der Waals surface area contributed by atoms with Gasteiger partial charge in [-0.1, -0.05) is 0 Å². The van der Waals surface area contributed by atoms with E-state index >= 15 is 0 Å². The van der Waals surface area contributed by atoms with Crippen LogP contribution in [0.15, 0.2) is 12.1 Å². The highest BCUT2D eigenvalue weighted by Gasteiger charge is 2.38. The topological polar surface area (TPSA) is 175 Å². The lowest BCUT2D eigenvalue weighted by atomic mass is 9.90. The molecule has 0 aromatic carbocycles. The second kappa shape index (κ2) is 4.84. The van der Waals surface area contributed by atoms with Crippen LogP contribution in [-0.2, 0) is 0 Å². The Kier molecular flexibility index (Phi) is 3.04. The number of rotatable bonds is 3. The Morgan fingerprint density at radius 1 is 0.917 bits per heavy atom. The number of H-pyrrole nitrogens is 1. The first kappa shape index (κ1) is 15.1. The average molecular weight is 333 g/mol. The first-order chi connectivity index (χ1) is 11.2. The number of carboxylic acids is 3. The van der Waals surface area contributed by atoms with Gasteiger partial charge in [-0.15, -0.1) is 0 Å². The minimum absolute atomic E-state index is 0.200. The van der Waals surface area contributed by atoms with E-state index in [1.54, 1.807) is 0 Å². The number of Topliss-reactive ketones (excluding diaryl/α,β-unsaturated/α-hetero) is 2. The molecule has 2 heterocycles. The Morgan fingerprint density at radius 3 is 2.12 bits per heavy atom. The Morgan fingerprint density at radius 2 is 1.58 bits per heavy atom. The highest BCUT2D eigenvalue weighted by Crippen LogP contribution is 2.35. The van der Waals surface area contributed by atoms with Gasteiger partial charge in [-0.2, -0.15) is 0 Å². The van der Waals surface area contributed by atoms with E-state index in [1.807, 2.05) is 0 Å².